The number of piperidine rings is 1. The first-order valence-electron chi connectivity index (χ1n) is 8.47. The van der Waals surface area contributed by atoms with Crippen LogP contribution in [0.15, 0.2) is 6.07 Å². The molecule has 23 heavy (non-hydrogen) atoms. The van der Waals surface area contributed by atoms with Crippen LogP contribution in [0.3, 0.4) is 0 Å². The second-order valence-corrected chi connectivity index (χ2v) is 7.44. The molecule has 2 aliphatic rings. The maximum absolute atomic E-state index is 6.18. The van der Waals surface area contributed by atoms with Gasteiger partial charge in [-0.25, -0.2) is 4.98 Å². The van der Waals surface area contributed by atoms with Crippen molar-refractivity contribution in [1.29, 1.82) is 0 Å². The summed E-state index contributed by atoms with van der Waals surface area (Å²) in [5.41, 5.74) is 0. The van der Waals surface area contributed by atoms with E-state index >= 15 is 0 Å². The van der Waals surface area contributed by atoms with Crippen LogP contribution >= 0.6 is 23.8 Å². The summed E-state index contributed by atoms with van der Waals surface area (Å²) in [4.78, 5) is 11.1. The van der Waals surface area contributed by atoms with E-state index in [0.717, 1.165) is 18.9 Å². The average molecular weight is 354 g/mol. The standard InChI is InChI=1S/C16H24ClN5S/c1-11-5-4-8-22(10-11)14-9-13(17)19-15(20-14)21-16(23)18-12-6-2-3-7-12/h9,11-12H,2-8,10H2,1H3,(H2,18,19,20,21,23). The fourth-order valence-electron chi connectivity index (χ4n) is 3.41. The summed E-state index contributed by atoms with van der Waals surface area (Å²) in [5.74, 6) is 2.03. The smallest absolute Gasteiger partial charge is 0.232 e. The molecule has 7 heteroatoms. The Morgan fingerprint density at radius 1 is 1.26 bits per heavy atom. The van der Waals surface area contributed by atoms with Crippen molar-refractivity contribution < 1.29 is 0 Å². The summed E-state index contributed by atoms with van der Waals surface area (Å²) in [6.45, 7) is 4.30. The third-order valence-corrected chi connectivity index (χ3v) is 4.99. The average Bonchev–Trinajstić information content (AvgIpc) is 2.99. The highest BCUT2D eigenvalue weighted by Crippen LogP contribution is 2.24. The van der Waals surface area contributed by atoms with Crippen molar-refractivity contribution >= 4 is 40.7 Å². The molecule has 3 rings (SSSR count). The fourth-order valence-corrected chi connectivity index (χ4v) is 3.85. The first-order valence-corrected chi connectivity index (χ1v) is 9.26. The van der Waals surface area contributed by atoms with Crippen molar-refractivity contribution in [1.82, 2.24) is 15.3 Å². The Bertz CT molecular complexity index is 561. The van der Waals surface area contributed by atoms with E-state index in [1.807, 2.05) is 6.07 Å². The highest BCUT2D eigenvalue weighted by molar-refractivity contribution is 7.80. The van der Waals surface area contributed by atoms with E-state index in [4.69, 9.17) is 23.8 Å². The molecule has 0 amide bonds. The molecule has 1 aliphatic carbocycles. The molecule has 1 atom stereocenters. The number of anilines is 2. The summed E-state index contributed by atoms with van der Waals surface area (Å²) >= 11 is 11.6. The van der Waals surface area contributed by atoms with Crippen LogP contribution in [0.1, 0.15) is 45.4 Å². The number of hydrogen-bond acceptors (Lipinski definition) is 4. The Kier molecular flexibility index (Phi) is 5.54. The fraction of sp³-hybridized carbons (Fsp3) is 0.688. The first-order chi connectivity index (χ1) is 11.1. The Balaban J connectivity index is 1.66. The van der Waals surface area contributed by atoms with Gasteiger partial charge in [-0.05, 0) is 43.8 Å². The number of hydrogen-bond donors (Lipinski definition) is 2. The van der Waals surface area contributed by atoms with Gasteiger partial charge < -0.3 is 15.5 Å². The summed E-state index contributed by atoms with van der Waals surface area (Å²) < 4.78 is 0. The van der Waals surface area contributed by atoms with Crippen LogP contribution in [0.5, 0.6) is 0 Å². The zero-order chi connectivity index (χ0) is 16.2. The van der Waals surface area contributed by atoms with Gasteiger partial charge in [-0.3, -0.25) is 0 Å². The van der Waals surface area contributed by atoms with Gasteiger partial charge in [0.2, 0.25) is 5.95 Å². The normalized spacial score (nSPS) is 22.2. The maximum atomic E-state index is 6.18. The molecule has 2 N–H and O–H groups in total. The van der Waals surface area contributed by atoms with Crippen LogP contribution in [-0.4, -0.2) is 34.2 Å². The number of thiocarbonyl (C=S) groups is 1. The minimum absolute atomic E-state index is 0.444. The number of nitrogens with one attached hydrogen (secondary N) is 2. The van der Waals surface area contributed by atoms with Gasteiger partial charge in [-0.15, -0.1) is 0 Å². The van der Waals surface area contributed by atoms with E-state index < -0.39 is 0 Å². The van der Waals surface area contributed by atoms with Gasteiger partial charge in [-0.1, -0.05) is 31.4 Å². The molecule has 5 nitrogen and oxygen atoms in total. The summed E-state index contributed by atoms with van der Waals surface area (Å²) in [6, 6.07) is 2.30. The third kappa shape index (κ3) is 4.67. The molecule has 126 valence electrons. The van der Waals surface area contributed by atoms with Gasteiger partial charge in [0.15, 0.2) is 5.11 Å². The number of halogens is 1. The predicted octanol–water partition coefficient (Wildman–Crippen LogP) is 3.60. The van der Waals surface area contributed by atoms with E-state index in [-0.39, 0.29) is 0 Å². The summed E-state index contributed by atoms with van der Waals surface area (Å²) in [5, 5.41) is 7.45. The minimum atomic E-state index is 0.444. The van der Waals surface area contributed by atoms with E-state index in [1.54, 1.807) is 0 Å². The molecule has 1 unspecified atom stereocenters. The Morgan fingerprint density at radius 2 is 2.04 bits per heavy atom. The van der Waals surface area contributed by atoms with Crippen LogP contribution in [0.25, 0.3) is 0 Å². The molecule has 1 aromatic rings. The Labute approximate surface area is 148 Å². The van der Waals surface area contributed by atoms with Crippen LogP contribution in [0.4, 0.5) is 11.8 Å². The lowest BCUT2D eigenvalue weighted by molar-refractivity contribution is 0.444. The monoisotopic (exact) mass is 353 g/mol. The quantitative estimate of drug-likeness (QED) is 0.639. The second kappa shape index (κ2) is 7.62. The summed E-state index contributed by atoms with van der Waals surface area (Å²) in [7, 11) is 0. The number of nitrogens with zero attached hydrogens (tertiary/aromatic N) is 3. The van der Waals surface area contributed by atoms with Gasteiger partial charge in [0.25, 0.3) is 0 Å². The number of rotatable bonds is 3. The van der Waals surface area contributed by atoms with Crippen molar-refractivity contribution in [2.45, 2.75) is 51.5 Å². The lowest BCUT2D eigenvalue weighted by atomic mass is 10.0. The lowest BCUT2D eigenvalue weighted by Crippen LogP contribution is -2.37. The molecule has 1 saturated heterocycles. The second-order valence-electron chi connectivity index (χ2n) is 6.65. The highest BCUT2D eigenvalue weighted by Gasteiger charge is 2.20. The predicted molar refractivity (Wildman–Crippen MR) is 99.3 cm³/mol. The van der Waals surface area contributed by atoms with E-state index in [0.29, 0.717) is 28.2 Å². The molecule has 1 aliphatic heterocycles. The Morgan fingerprint density at radius 3 is 2.78 bits per heavy atom. The van der Waals surface area contributed by atoms with Gasteiger partial charge >= 0.3 is 0 Å². The molecule has 0 bridgehead atoms. The highest BCUT2D eigenvalue weighted by atomic mass is 35.5. The maximum Gasteiger partial charge on any atom is 0.232 e. The van der Waals surface area contributed by atoms with E-state index in [2.05, 4.69) is 32.4 Å². The zero-order valence-corrected chi connectivity index (χ0v) is 15.1. The molecular weight excluding hydrogens is 330 g/mol. The van der Waals surface area contributed by atoms with Gasteiger partial charge in [-0.2, -0.15) is 4.98 Å². The summed E-state index contributed by atoms with van der Waals surface area (Å²) in [6.07, 6.45) is 7.35. The topological polar surface area (TPSA) is 53.1 Å². The van der Waals surface area contributed by atoms with Crippen molar-refractivity contribution in [3.05, 3.63) is 11.2 Å². The van der Waals surface area contributed by atoms with E-state index in [1.165, 1.54) is 38.5 Å². The first kappa shape index (κ1) is 16.7. The SMILES string of the molecule is CC1CCCN(c2cc(Cl)nc(NC(=S)NC3CCCC3)n2)C1. The van der Waals surface area contributed by atoms with Gasteiger partial charge in [0.1, 0.15) is 11.0 Å². The van der Waals surface area contributed by atoms with Gasteiger partial charge in [0, 0.05) is 25.2 Å². The molecule has 2 fully saturated rings. The van der Waals surface area contributed by atoms with Gasteiger partial charge in [0.05, 0.1) is 0 Å². The minimum Gasteiger partial charge on any atom is -0.360 e. The van der Waals surface area contributed by atoms with E-state index in [9.17, 15) is 0 Å². The Hall–Kier alpha value is -1.14. The van der Waals surface area contributed by atoms with Crippen LogP contribution < -0.4 is 15.5 Å². The number of aromatic nitrogens is 2. The molecular formula is C16H24ClN5S. The molecule has 0 radical (unpaired) electrons. The zero-order valence-electron chi connectivity index (χ0n) is 13.5. The molecule has 0 aromatic carbocycles. The van der Waals surface area contributed by atoms with Crippen molar-refractivity contribution in [3.63, 3.8) is 0 Å². The lowest BCUT2D eigenvalue weighted by Gasteiger charge is -2.32. The molecule has 2 heterocycles. The van der Waals surface area contributed by atoms with Crippen molar-refractivity contribution in [2.75, 3.05) is 23.3 Å². The molecule has 1 aromatic heterocycles. The van der Waals surface area contributed by atoms with Crippen molar-refractivity contribution in [2.24, 2.45) is 5.92 Å². The van der Waals surface area contributed by atoms with Crippen LogP contribution in [0, 0.1) is 5.92 Å². The molecule has 1 saturated carbocycles. The largest absolute Gasteiger partial charge is 0.360 e. The molecule has 0 spiro atoms. The third-order valence-electron chi connectivity index (χ3n) is 4.58. The van der Waals surface area contributed by atoms with Crippen molar-refractivity contribution in [3.8, 4) is 0 Å². The van der Waals surface area contributed by atoms with Crippen LogP contribution in [0.2, 0.25) is 5.15 Å². The van der Waals surface area contributed by atoms with Crippen LogP contribution in [-0.2, 0) is 0 Å².